The lowest BCUT2D eigenvalue weighted by atomic mass is 9.97. The fourth-order valence-electron chi connectivity index (χ4n) is 0.989. The van der Waals surface area contributed by atoms with Crippen LogP contribution in [0.1, 0.15) is 31.3 Å². The number of hydrogen-bond donors (Lipinski definition) is 1. The van der Waals surface area contributed by atoms with E-state index in [1.807, 2.05) is 20.8 Å². The summed E-state index contributed by atoms with van der Waals surface area (Å²) in [7, 11) is 0. The van der Waals surface area contributed by atoms with E-state index in [0.29, 0.717) is 6.54 Å². The summed E-state index contributed by atoms with van der Waals surface area (Å²) in [6, 6.07) is 0. The molecule has 0 aliphatic carbocycles. The van der Waals surface area contributed by atoms with E-state index in [0.717, 1.165) is 0 Å². The maximum atomic E-state index is 10.7. The number of carboxylic acids is 1. The Hall–Kier alpha value is -1.39. The molecule has 0 aromatic carbocycles. The molecule has 1 aromatic heterocycles. The standard InChI is InChI=1S/C8H13N3O2/c1-8(2,3)5-11-6(7(12)13)4-9-10-11/h4H,5H2,1-3H3,(H,12,13). The van der Waals surface area contributed by atoms with Crippen molar-refractivity contribution in [2.24, 2.45) is 5.41 Å². The van der Waals surface area contributed by atoms with E-state index in [9.17, 15) is 4.79 Å². The number of aromatic carboxylic acids is 1. The summed E-state index contributed by atoms with van der Waals surface area (Å²) in [5.74, 6) is -0.991. The van der Waals surface area contributed by atoms with E-state index in [1.54, 1.807) is 0 Å². The molecule has 13 heavy (non-hydrogen) atoms. The minimum Gasteiger partial charge on any atom is -0.476 e. The Morgan fingerprint density at radius 1 is 1.62 bits per heavy atom. The maximum absolute atomic E-state index is 10.7. The van der Waals surface area contributed by atoms with Crippen LogP contribution in [0, 0.1) is 5.41 Å². The van der Waals surface area contributed by atoms with E-state index < -0.39 is 5.97 Å². The van der Waals surface area contributed by atoms with Crippen molar-refractivity contribution in [3.05, 3.63) is 11.9 Å². The number of aromatic nitrogens is 3. The highest BCUT2D eigenvalue weighted by molar-refractivity contribution is 5.85. The fourth-order valence-corrected chi connectivity index (χ4v) is 0.989. The van der Waals surface area contributed by atoms with Gasteiger partial charge in [-0.2, -0.15) is 0 Å². The zero-order chi connectivity index (χ0) is 10.1. The normalized spacial score (nSPS) is 11.6. The average Bonchev–Trinajstić information content (AvgIpc) is 2.31. The second-order valence-electron chi connectivity index (χ2n) is 4.14. The van der Waals surface area contributed by atoms with E-state index >= 15 is 0 Å². The van der Waals surface area contributed by atoms with Crippen LogP contribution in [0.5, 0.6) is 0 Å². The van der Waals surface area contributed by atoms with E-state index in [4.69, 9.17) is 5.11 Å². The van der Waals surface area contributed by atoms with Crippen molar-refractivity contribution in [3.8, 4) is 0 Å². The molecule has 0 atom stereocenters. The Bertz CT molecular complexity index is 311. The number of hydrogen-bond acceptors (Lipinski definition) is 3. The molecule has 0 fully saturated rings. The molecule has 0 bridgehead atoms. The van der Waals surface area contributed by atoms with E-state index in [1.165, 1.54) is 10.9 Å². The monoisotopic (exact) mass is 183 g/mol. The molecular weight excluding hydrogens is 170 g/mol. The first-order chi connectivity index (χ1) is 5.90. The van der Waals surface area contributed by atoms with Crippen molar-refractivity contribution in [1.29, 1.82) is 0 Å². The maximum Gasteiger partial charge on any atom is 0.355 e. The summed E-state index contributed by atoms with van der Waals surface area (Å²) < 4.78 is 1.41. The smallest absolute Gasteiger partial charge is 0.355 e. The summed E-state index contributed by atoms with van der Waals surface area (Å²) in [4.78, 5) is 10.7. The molecule has 0 radical (unpaired) electrons. The molecule has 72 valence electrons. The zero-order valence-electron chi connectivity index (χ0n) is 7.98. The summed E-state index contributed by atoms with van der Waals surface area (Å²) in [6.07, 6.45) is 1.26. The Morgan fingerprint density at radius 2 is 2.23 bits per heavy atom. The largest absolute Gasteiger partial charge is 0.476 e. The molecule has 0 amide bonds. The van der Waals surface area contributed by atoms with Crippen molar-refractivity contribution in [2.45, 2.75) is 27.3 Å². The topological polar surface area (TPSA) is 68.0 Å². The molecule has 0 unspecified atom stereocenters. The average molecular weight is 183 g/mol. The molecule has 5 heteroatoms. The van der Waals surface area contributed by atoms with Crippen LogP contribution in [0.2, 0.25) is 0 Å². The van der Waals surface area contributed by atoms with Gasteiger partial charge in [0.2, 0.25) is 0 Å². The molecular formula is C8H13N3O2. The summed E-state index contributed by atoms with van der Waals surface area (Å²) >= 11 is 0. The first-order valence-electron chi connectivity index (χ1n) is 4.02. The minimum atomic E-state index is -0.991. The van der Waals surface area contributed by atoms with Gasteiger partial charge in [0, 0.05) is 6.54 Å². The quantitative estimate of drug-likeness (QED) is 0.743. The van der Waals surface area contributed by atoms with Crippen molar-refractivity contribution < 1.29 is 9.90 Å². The molecule has 0 aliphatic rings. The Balaban J connectivity index is 2.89. The van der Waals surface area contributed by atoms with Crippen molar-refractivity contribution in [2.75, 3.05) is 0 Å². The molecule has 0 spiro atoms. The zero-order valence-corrected chi connectivity index (χ0v) is 7.98. The molecule has 1 heterocycles. The highest BCUT2D eigenvalue weighted by Crippen LogP contribution is 2.16. The van der Waals surface area contributed by atoms with Crippen molar-refractivity contribution in [3.63, 3.8) is 0 Å². The van der Waals surface area contributed by atoms with Gasteiger partial charge >= 0.3 is 5.97 Å². The van der Waals surface area contributed by atoms with Crippen LogP contribution in [0.3, 0.4) is 0 Å². The lowest BCUT2D eigenvalue weighted by Gasteiger charge is -2.17. The number of nitrogens with zero attached hydrogens (tertiary/aromatic N) is 3. The second kappa shape index (κ2) is 3.16. The van der Waals surface area contributed by atoms with E-state index in [2.05, 4.69) is 10.3 Å². The van der Waals surface area contributed by atoms with Gasteiger partial charge in [0.05, 0.1) is 6.20 Å². The van der Waals surface area contributed by atoms with Gasteiger partial charge in [-0.05, 0) is 5.41 Å². The lowest BCUT2D eigenvalue weighted by molar-refractivity contribution is 0.0680. The highest BCUT2D eigenvalue weighted by atomic mass is 16.4. The highest BCUT2D eigenvalue weighted by Gasteiger charge is 2.17. The number of carbonyl (C=O) groups is 1. The van der Waals surface area contributed by atoms with Crippen LogP contribution < -0.4 is 0 Å². The Labute approximate surface area is 76.4 Å². The third-order valence-electron chi connectivity index (χ3n) is 1.46. The van der Waals surface area contributed by atoms with Crippen LogP contribution >= 0.6 is 0 Å². The Kier molecular flexibility index (Phi) is 2.36. The minimum absolute atomic E-state index is 0.00208. The second-order valence-corrected chi connectivity index (χ2v) is 4.14. The third kappa shape index (κ3) is 2.54. The molecule has 0 saturated carbocycles. The predicted molar refractivity (Wildman–Crippen MR) is 46.4 cm³/mol. The van der Waals surface area contributed by atoms with Gasteiger partial charge in [0.25, 0.3) is 0 Å². The van der Waals surface area contributed by atoms with Gasteiger partial charge < -0.3 is 5.11 Å². The fraction of sp³-hybridized carbons (Fsp3) is 0.625. The molecule has 0 saturated heterocycles. The molecule has 1 rings (SSSR count). The molecule has 0 aliphatic heterocycles. The van der Waals surface area contributed by atoms with Crippen LogP contribution in [0.4, 0.5) is 0 Å². The van der Waals surface area contributed by atoms with Crippen LogP contribution in [-0.4, -0.2) is 26.1 Å². The summed E-state index contributed by atoms with van der Waals surface area (Å²) in [5.41, 5.74) is 0.132. The number of rotatable bonds is 2. The predicted octanol–water partition coefficient (Wildman–Crippen LogP) is 1.02. The van der Waals surface area contributed by atoms with Crippen LogP contribution in [0.15, 0.2) is 6.20 Å². The lowest BCUT2D eigenvalue weighted by Crippen LogP contribution is -2.20. The van der Waals surface area contributed by atoms with Gasteiger partial charge in [-0.1, -0.05) is 26.0 Å². The first kappa shape index (κ1) is 9.70. The van der Waals surface area contributed by atoms with Crippen LogP contribution in [0.25, 0.3) is 0 Å². The van der Waals surface area contributed by atoms with Gasteiger partial charge in [0.15, 0.2) is 5.69 Å². The van der Waals surface area contributed by atoms with Crippen LogP contribution in [-0.2, 0) is 6.54 Å². The Morgan fingerprint density at radius 3 is 2.69 bits per heavy atom. The number of carboxylic acid groups (broad SMARTS) is 1. The molecule has 1 N–H and O–H groups in total. The van der Waals surface area contributed by atoms with Crippen molar-refractivity contribution in [1.82, 2.24) is 15.0 Å². The first-order valence-corrected chi connectivity index (χ1v) is 4.02. The summed E-state index contributed by atoms with van der Waals surface area (Å²) in [6.45, 7) is 6.59. The van der Waals surface area contributed by atoms with Crippen molar-refractivity contribution >= 4 is 5.97 Å². The summed E-state index contributed by atoms with van der Waals surface area (Å²) in [5, 5.41) is 16.0. The molecule has 1 aromatic rings. The van der Waals surface area contributed by atoms with Gasteiger partial charge in [-0.25, -0.2) is 9.48 Å². The van der Waals surface area contributed by atoms with E-state index in [-0.39, 0.29) is 11.1 Å². The molecule has 5 nitrogen and oxygen atoms in total. The van der Waals surface area contributed by atoms with Gasteiger partial charge in [0.1, 0.15) is 0 Å². The van der Waals surface area contributed by atoms with Gasteiger partial charge in [-0.15, -0.1) is 5.10 Å². The van der Waals surface area contributed by atoms with Gasteiger partial charge in [-0.3, -0.25) is 0 Å². The third-order valence-corrected chi connectivity index (χ3v) is 1.46. The SMILES string of the molecule is CC(C)(C)Cn1nncc1C(=O)O.